The molecule has 3 heteroatoms. The fourth-order valence-corrected chi connectivity index (χ4v) is 2.72. The van der Waals surface area contributed by atoms with Crippen molar-refractivity contribution in [1.29, 1.82) is 0 Å². The van der Waals surface area contributed by atoms with Crippen molar-refractivity contribution in [3.63, 3.8) is 0 Å². The van der Waals surface area contributed by atoms with Crippen molar-refractivity contribution in [3.8, 4) is 0 Å². The minimum atomic E-state index is -0.326. The number of aliphatic hydroxyl groups excluding tert-OH is 1. The van der Waals surface area contributed by atoms with E-state index in [1.54, 1.807) is 6.07 Å². The molecule has 0 aliphatic rings. The van der Waals surface area contributed by atoms with Crippen LogP contribution in [0.3, 0.4) is 0 Å². The number of unbranched alkanes of at least 4 members (excludes halogenated alkanes) is 5. The molecule has 0 spiro atoms. The average Bonchev–Trinajstić information content (AvgIpc) is 2.37. The molecule has 1 nitrogen and oxygen atoms in total. The second-order valence-corrected chi connectivity index (χ2v) is 6.00. The number of halogens is 2. The molecular formula is C16H24BrFO. The van der Waals surface area contributed by atoms with Crippen molar-refractivity contribution >= 4 is 15.9 Å². The van der Waals surface area contributed by atoms with Crippen LogP contribution >= 0.6 is 15.9 Å². The Hall–Kier alpha value is -0.410. The maximum atomic E-state index is 12.9. The van der Waals surface area contributed by atoms with E-state index in [1.807, 2.05) is 0 Å². The summed E-state index contributed by atoms with van der Waals surface area (Å²) in [5.74, 6) is -0.249. The highest BCUT2D eigenvalue weighted by atomic mass is 79.9. The maximum absolute atomic E-state index is 12.9. The highest BCUT2D eigenvalue weighted by molar-refractivity contribution is 9.10. The van der Waals surface area contributed by atoms with Crippen LogP contribution in [-0.4, -0.2) is 11.2 Å². The minimum Gasteiger partial charge on any atom is -0.393 e. The third kappa shape index (κ3) is 7.07. The lowest BCUT2D eigenvalue weighted by atomic mass is 10.0. The van der Waals surface area contributed by atoms with Gasteiger partial charge in [-0.25, -0.2) is 4.39 Å². The van der Waals surface area contributed by atoms with E-state index in [1.165, 1.54) is 44.2 Å². The first-order valence-corrected chi connectivity index (χ1v) is 8.04. The van der Waals surface area contributed by atoms with Gasteiger partial charge in [0, 0.05) is 4.47 Å². The van der Waals surface area contributed by atoms with Crippen LogP contribution in [0.2, 0.25) is 0 Å². The molecule has 0 heterocycles. The van der Waals surface area contributed by atoms with Gasteiger partial charge < -0.3 is 5.11 Å². The van der Waals surface area contributed by atoms with Gasteiger partial charge in [0.25, 0.3) is 0 Å². The molecule has 0 aromatic heterocycles. The molecule has 1 aromatic rings. The van der Waals surface area contributed by atoms with Crippen molar-refractivity contribution in [1.82, 2.24) is 0 Å². The van der Waals surface area contributed by atoms with E-state index in [4.69, 9.17) is 0 Å². The van der Waals surface area contributed by atoms with Crippen molar-refractivity contribution in [2.45, 2.75) is 64.4 Å². The second-order valence-electron chi connectivity index (χ2n) is 5.15. The zero-order valence-corrected chi connectivity index (χ0v) is 13.3. The molecule has 0 saturated carbocycles. The van der Waals surface area contributed by atoms with Gasteiger partial charge >= 0.3 is 0 Å². The molecule has 0 radical (unpaired) electrons. The van der Waals surface area contributed by atoms with E-state index >= 15 is 0 Å². The second kappa shape index (κ2) is 9.49. The molecule has 0 aliphatic carbocycles. The van der Waals surface area contributed by atoms with Gasteiger partial charge in [-0.15, -0.1) is 0 Å². The first-order valence-electron chi connectivity index (χ1n) is 7.25. The van der Waals surface area contributed by atoms with Crippen molar-refractivity contribution < 1.29 is 9.50 Å². The van der Waals surface area contributed by atoms with Gasteiger partial charge in [0.1, 0.15) is 5.82 Å². The molecule has 0 saturated heterocycles. The van der Waals surface area contributed by atoms with E-state index in [0.717, 1.165) is 22.9 Å². The summed E-state index contributed by atoms with van der Waals surface area (Å²) in [6.07, 6.45) is 8.51. The Kier molecular flexibility index (Phi) is 8.31. The van der Waals surface area contributed by atoms with Crippen LogP contribution in [-0.2, 0) is 6.42 Å². The summed E-state index contributed by atoms with van der Waals surface area (Å²) >= 11 is 3.33. The van der Waals surface area contributed by atoms with E-state index in [-0.39, 0.29) is 11.9 Å². The summed E-state index contributed by atoms with van der Waals surface area (Å²) in [6.45, 7) is 2.21. The summed E-state index contributed by atoms with van der Waals surface area (Å²) in [6, 6.07) is 4.63. The molecule has 1 N–H and O–H groups in total. The minimum absolute atomic E-state index is 0.249. The topological polar surface area (TPSA) is 20.2 Å². The van der Waals surface area contributed by atoms with Gasteiger partial charge in [0.2, 0.25) is 0 Å². The number of hydrogen-bond acceptors (Lipinski definition) is 1. The fourth-order valence-electron chi connectivity index (χ4n) is 2.20. The van der Waals surface area contributed by atoms with E-state index in [0.29, 0.717) is 6.42 Å². The molecule has 1 unspecified atom stereocenters. The average molecular weight is 331 g/mol. The van der Waals surface area contributed by atoms with Crippen molar-refractivity contribution in [3.05, 3.63) is 34.1 Å². The monoisotopic (exact) mass is 330 g/mol. The Labute approximate surface area is 124 Å². The third-order valence-electron chi connectivity index (χ3n) is 3.36. The van der Waals surface area contributed by atoms with Crippen LogP contribution in [0.4, 0.5) is 4.39 Å². The van der Waals surface area contributed by atoms with Crippen molar-refractivity contribution in [2.75, 3.05) is 0 Å². The van der Waals surface area contributed by atoms with Gasteiger partial charge in [-0.3, -0.25) is 0 Å². The predicted molar refractivity (Wildman–Crippen MR) is 81.8 cm³/mol. The lowest BCUT2D eigenvalue weighted by molar-refractivity contribution is 0.160. The molecule has 0 aliphatic heterocycles. The fraction of sp³-hybridized carbons (Fsp3) is 0.625. The zero-order valence-electron chi connectivity index (χ0n) is 11.7. The molecule has 1 atom stereocenters. The Bertz CT molecular complexity index is 368. The van der Waals surface area contributed by atoms with Crippen LogP contribution < -0.4 is 0 Å². The Morgan fingerprint density at radius 1 is 1.16 bits per heavy atom. The van der Waals surface area contributed by atoms with E-state index in [2.05, 4.69) is 22.9 Å². The SMILES string of the molecule is CCCCCCCCC(O)Cc1ccc(F)cc1Br. The molecule has 19 heavy (non-hydrogen) atoms. The zero-order chi connectivity index (χ0) is 14.1. The first-order chi connectivity index (χ1) is 9.13. The first kappa shape index (κ1) is 16.6. The Morgan fingerprint density at radius 3 is 2.53 bits per heavy atom. The Morgan fingerprint density at radius 2 is 1.84 bits per heavy atom. The normalized spacial score (nSPS) is 12.6. The molecule has 108 valence electrons. The van der Waals surface area contributed by atoms with Crippen LogP contribution in [0.25, 0.3) is 0 Å². The largest absolute Gasteiger partial charge is 0.393 e. The van der Waals surface area contributed by atoms with Gasteiger partial charge in [-0.05, 0) is 30.5 Å². The number of hydrogen-bond donors (Lipinski definition) is 1. The maximum Gasteiger partial charge on any atom is 0.124 e. The molecule has 0 bridgehead atoms. The lowest BCUT2D eigenvalue weighted by Gasteiger charge is -2.12. The standard InChI is InChI=1S/C16H24BrFO/c1-2-3-4-5-6-7-8-15(19)11-13-9-10-14(18)12-16(13)17/h9-10,12,15,19H,2-8,11H2,1H3. The summed E-state index contributed by atoms with van der Waals surface area (Å²) in [7, 11) is 0. The predicted octanol–water partition coefficient (Wildman–Crippen LogP) is 5.24. The van der Waals surface area contributed by atoms with Gasteiger partial charge in [-0.1, -0.05) is 67.4 Å². The molecule has 0 amide bonds. The van der Waals surface area contributed by atoms with Crippen LogP contribution in [0.15, 0.2) is 22.7 Å². The lowest BCUT2D eigenvalue weighted by Crippen LogP contribution is -2.10. The molecule has 1 rings (SSSR count). The third-order valence-corrected chi connectivity index (χ3v) is 4.10. The molecular weight excluding hydrogens is 307 g/mol. The molecule has 1 aromatic carbocycles. The summed E-state index contributed by atoms with van der Waals surface area (Å²) in [5.41, 5.74) is 0.972. The van der Waals surface area contributed by atoms with Gasteiger partial charge in [0.05, 0.1) is 6.10 Å². The van der Waals surface area contributed by atoms with Crippen LogP contribution in [0, 0.1) is 5.82 Å². The highest BCUT2D eigenvalue weighted by Gasteiger charge is 2.08. The summed E-state index contributed by atoms with van der Waals surface area (Å²) < 4.78 is 13.7. The highest BCUT2D eigenvalue weighted by Crippen LogP contribution is 2.21. The number of rotatable bonds is 9. The number of benzene rings is 1. The van der Waals surface area contributed by atoms with Gasteiger partial charge in [0.15, 0.2) is 0 Å². The van der Waals surface area contributed by atoms with E-state index in [9.17, 15) is 9.50 Å². The smallest absolute Gasteiger partial charge is 0.124 e. The quantitative estimate of drug-likeness (QED) is 0.613. The van der Waals surface area contributed by atoms with Crippen molar-refractivity contribution in [2.24, 2.45) is 0 Å². The molecule has 0 fully saturated rings. The van der Waals surface area contributed by atoms with Crippen LogP contribution in [0.1, 0.15) is 57.4 Å². The Balaban J connectivity index is 2.21. The number of aliphatic hydroxyl groups is 1. The van der Waals surface area contributed by atoms with E-state index < -0.39 is 0 Å². The summed E-state index contributed by atoms with van der Waals surface area (Å²) in [5, 5.41) is 9.98. The van der Waals surface area contributed by atoms with Crippen LogP contribution in [0.5, 0.6) is 0 Å². The summed E-state index contributed by atoms with van der Waals surface area (Å²) in [4.78, 5) is 0. The van der Waals surface area contributed by atoms with Gasteiger partial charge in [-0.2, -0.15) is 0 Å².